The highest BCUT2D eigenvalue weighted by Crippen LogP contribution is 2.22. The van der Waals surface area contributed by atoms with E-state index in [1.807, 2.05) is 12.4 Å². The van der Waals surface area contributed by atoms with Crippen LogP contribution in [0.5, 0.6) is 0 Å². The summed E-state index contributed by atoms with van der Waals surface area (Å²) in [6.07, 6.45) is -3.50. The van der Waals surface area contributed by atoms with Gasteiger partial charge in [-0.15, -0.1) is 0 Å². The molecule has 0 radical (unpaired) electrons. The summed E-state index contributed by atoms with van der Waals surface area (Å²) < 4.78 is 48.9. The van der Waals surface area contributed by atoms with Gasteiger partial charge >= 0.3 is 12.3 Å². The van der Waals surface area contributed by atoms with Gasteiger partial charge in [-0.25, -0.2) is 8.78 Å². The fraction of sp³-hybridized carbons (Fsp3) is 0.909. The molecule has 1 fully saturated rings. The van der Waals surface area contributed by atoms with Crippen LogP contribution in [0.2, 0.25) is 0 Å². The van der Waals surface area contributed by atoms with Crippen molar-refractivity contribution in [1.29, 1.82) is 0 Å². The van der Waals surface area contributed by atoms with Gasteiger partial charge in [0, 0.05) is 32.7 Å². The maximum Gasteiger partial charge on any atom is 0.383 e. The molecule has 4 nitrogen and oxygen atoms in total. The van der Waals surface area contributed by atoms with E-state index in [0.717, 1.165) is 26.2 Å². The zero-order valence-corrected chi connectivity index (χ0v) is 10.8. The highest BCUT2D eigenvalue weighted by molar-refractivity contribution is 5.83. The molecule has 19 heavy (non-hydrogen) atoms. The summed E-state index contributed by atoms with van der Waals surface area (Å²) in [4.78, 5) is 15.2. The highest BCUT2D eigenvalue weighted by Gasteiger charge is 2.48. The van der Waals surface area contributed by atoms with Crippen LogP contribution < -0.4 is 5.32 Å². The van der Waals surface area contributed by atoms with Crippen LogP contribution in [0.4, 0.5) is 17.6 Å². The number of hydrogen-bond acceptors (Lipinski definition) is 3. The maximum absolute atomic E-state index is 12.6. The Bertz CT molecular complexity index is 294. The summed E-state index contributed by atoms with van der Waals surface area (Å²) in [5.41, 5.74) is 0. The largest absolute Gasteiger partial charge is 0.383 e. The number of rotatable bonds is 6. The van der Waals surface area contributed by atoms with Crippen LogP contribution in [0.3, 0.4) is 0 Å². The van der Waals surface area contributed by atoms with Gasteiger partial charge in [0.1, 0.15) is 0 Å². The first-order chi connectivity index (χ1) is 8.84. The van der Waals surface area contributed by atoms with E-state index >= 15 is 0 Å². The van der Waals surface area contributed by atoms with Crippen molar-refractivity contribution in [3.8, 4) is 0 Å². The zero-order valence-electron chi connectivity index (χ0n) is 10.8. The van der Waals surface area contributed by atoms with Crippen molar-refractivity contribution in [3.63, 3.8) is 0 Å². The Morgan fingerprint density at radius 1 is 1.26 bits per heavy atom. The molecule has 1 rings (SSSR count). The summed E-state index contributed by atoms with van der Waals surface area (Å²) in [7, 11) is 2.02. The first-order valence-electron chi connectivity index (χ1n) is 6.19. The number of hydrogen-bond donors (Lipinski definition) is 1. The molecular weight excluding hydrogens is 266 g/mol. The first kappa shape index (κ1) is 16.2. The number of likely N-dealkylation sites (N-methyl/N-ethyl adjacent to an activating group) is 1. The number of carbonyl (C=O) groups excluding carboxylic acids is 1. The Hall–Kier alpha value is -0.890. The predicted molar refractivity (Wildman–Crippen MR) is 62.5 cm³/mol. The second-order valence-electron chi connectivity index (χ2n) is 4.68. The van der Waals surface area contributed by atoms with Gasteiger partial charge in [-0.2, -0.15) is 8.78 Å². The third-order valence-electron chi connectivity index (χ3n) is 3.11. The van der Waals surface area contributed by atoms with Crippen LogP contribution in [0.25, 0.3) is 0 Å². The van der Waals surface area contributed by atoms with Crippen LogP contribution in [-0.4, -0.2) is 74.4 Å². The molecule has 0 aromatic carbocycles. The normalized spacial score (nSPS) is 18.8. The van der Waals surface area contributed by atoms with E-state index < -0.39 is 18.3 Å². The topological polar surface area (TPSA) is 35.6 Å². The monoisotopic (exact) mass is 285 g/mol. The van der Waals surface area contributed by atoms with Crippen LogP contribution in [0, 0.1) is 0 Å². The van der Waals surface area contributed by atoms with Crippen molar-refractivity contribution >= 4 is 5.91 Å². The third kappa shape index (κ3) is 4.94. The zero-order chi connectivity index (χ0) is 14.5. The molecule has 1 N–H and O–H groups in total. The quantitative estimate of drug-likeness (QED) is 0.575. The van der Waals surface area contributed by atoms with Gasteiger partial charge in [-0.05, 0) is 20.0 Å². The average Bonchev–Trinajstić information content (AvgIpc) is 2.36. The van der Waals surface area contributed by atoms with Crippen LogP contribution >= 0.6 is 0 Å². The van der Waals surface area contributed by atoms with Crippen molar-refractivity contribution in [2.45, 2.75) is 18.8 Å². The van der Waals surface area contributed by atoms with Crippen LogP contribution in [0.15, 0.2) is 0 Å². The minimum atomic E-state index is -4.60. The summed E-state index contributed by atoms with van der Waals surface area (Å²) in [6.45, 7) is 4.29. The van der Waals surface area contributed by atoms with E-state index in [0.29, 0.717) is 13.0 Å². The third-order valence-corrected chi connectivity index (χ3v) is 3.11. The van der Waals surface area contributed by atoms with Crippen molar-refractivity contribution in [2.24, 2.45) is 0 Å². The number of nitrogens with one attached hydrogen (secondary N) is 1. The van der Waals surface area contributed by atoms with E-state index in [9.17, 15) is 22.4 Å². The second kappa shape index (κ2) is 7.04. The minimum Gasteiger partial charge on any atom is -0.351 e. The Balaban J connectivity index is 2.15. The van der Waals surface area contributed by atoms with Gasteiger partial charge in [0.15, 0.2) is 0 Å². The fourth-order valence-electron chi connectivity index (χ4n) is 1.79. The summed E-state index contributed by atoms with van der Waals surface area (Å²) in [5, 5.41) is 1.85. The number of alkyl halides is 4. The number of carbonyl (C=O) groups is 1. The lowest BCUT2D eigenvalue weighted by molar-refractivity contribution is -0.169. The van der Waals surface area contributed by atoms with Gasteiger partial charge in [0.2, 0.25) is 0 Å². The molecule has 0 aromatic heterocycles. The fourth-order valence-corrected chi connectivity index (χ4v) is 1.79. The minimum absolute atomic E-state index is 0.0204. The molecule has 0 atom stereocenters. The van der Waals surface area contributed by atoms with Gasteiger partial charge < -0.3 is 15.1 Å². The molecule has 1 heterocycles. The van der Waals surface area contributed by atoms with Gasteiger partial charge in [0.25, 0.3) is 5.91 Å². The molecule has 0 aliphatic carbocycles. The molecule has 1 aliphatic rings. The summed E-state index contributed by atoms with van der Waals surface area (Å²) in [5.74, 6) is -6.51. The molecule has 0 aromatic rings. The Labute approximate surface area is 109 Å². The van der Waals surface area contributed by atoms with E-state index in [-0.39, 0.29) is 6.54 Å². The smallest absolute Gasteiger partial charge is 0.351 e. The van der Waals surface area contributed by atoms with Crippen LogP contribution in [-0.2, 0) is 4.79 Å². The molecule has 8 heteroatoms. The lowest BCUT2D eigenvalue weighted by atomic mass is 10.3. The van der Waals surface area contributed by atoms with Crippen molar-refractivity contribution < 1.29 is 22.4 Å². The molecule has 0 unspecified atom stereocenters. The Morgan fingerprint density at radius 3 is 2.37 bits per heavy atom. The predicted octanol–water partition coefficient (Wildman–Crippen LogP) is 0.640. The first-order valence-corrected chi connectivity index (χ1v) is 6.19. The van der Waals surface area contributed by atoms with Crippen molar-refractivity contribution in [2.75, 3.05) is 46.3 Å². The molecular formula is C11H19F4N3O. The Kier molecular flexibility index (Phi) is 5.99. The van der Waals surface area contributed by atoms with E-state index in [1.54, 1.807) is 0 Å². The Morgan fingerprint density at radius 2 is 1.84 bits per heavy atom. The maximum atomic E-state index is 12.6. The summed E-state index contributed by atoms with van der Waals surface area (Å²) >= 11 is 0. The van der Waals surface area contributed by atoms with Crippen molar-refractivity contribution in [3.05, 3.63) is 0 Å². The molecule has 112 valence electrons. The average molecular weight is 285 g/mol. The van der Waals surface area contributed by atoms with Crippen molar-refractivity contribution in [1.82, 2.24) is 15.1 Å². The number of halogens is 4. The number of piperazine rings is 1. The van der Waals surface area contributed by atoms with E-state index in [1.165, 1.54) is 0 Å². The second-order valence-corrected chi connectivity index (χ2v) is 4.68. The molecule has 0 spiro atoms. The van der Waals surface area contributed by atoms with Crippen LogP contribution in [0.1, 0.15) is 6.42 Å². The van der Waals surface area contributed by atoms with Gasteiger partial charge in [0.05, 0.1) is 0 Å². The number of nitrogens with zero attached hydrogens (tertiary/aromatic N) is 2. The van der Waals surface area contributed by atoms with E-state index in [4.69, 9.17) is 0 Å². The molecule has 1 aliphatic heterocycles. The number of amides is 1. The van der Waals surface area contributed by atoms with E-state index in [2.05, 4.69) is 9.80 Å². The standard InChI is InChI=1S/C11H19F4N3O/c1-17-5-7-18(8-6-17)4-2-3-16-10(19)11(14,15)9(12)13/h9H,2-8H2,1H3,(H,16,19). The highest BCUT2D eigenvalue weighted by atomic mass is 19.3. The molecule has 0 bridgehead atoms. The molecule has 0 saturated carbocycles. The molecule has 1 saturated heterocycles. The van der Waals surface area contributed by atoms with Gasteiger partial charge in [-0.3, -0.25) is 4.79 Å². The summed E-state index contributed by atoms with van der Waals surface area (Å²) in [6, 6.07) is 0. The van der Waals surface area contributed by atoms with Gasteiger partial charge in [-0.1, -0.05) is 0 Å². The lowest BCUT2D eigenvalue weighted by Crippen LogP contribution is -2.47. The molecule has 1 amide bonds. The lowest BCUT2D eigenvalue weighted by Gasteiger charge is -2.32. The SMILES string of the molecule is CN1CCN(CCCNC(=O)C(F)(F)C(F)F)CC1.